The lowest BCUT2D eigenvalue weighted by Gasteiger charge is -2.40. The van der Waals surface area contributed by atoms with Gasteiger partial charge in [-0.25, -0.2) is 8.78 Å². The number of alkyl halides is 2. The zero-order valence-electron chi connectivity index (χ0n) is 5.27. The van der Waals surface area contributed by atoms with Gasteiger partial charge in [0, 0.05) is 0 Å². The molecule has 0 saturated heterocycles. The van der Waals surface area contributed by atoms with E-state index in [0.29, 0.717) is 0 Å². The highest BCUT2D eigenvalue weighted by Crippen LogP contribution is 2.41. The third-order valence-electron chi connectivity index (χ3n) is 1.81. The highest BCUT2D eigenvalue weighted by atomic mass is 19.3. The maximum absolute atomic E-state index is 11.8. The Balaban J connectivity index is 2.40. The minimum atomic E-state index is -2.56. The van der Waals surface area contributed by atoms with Gasteiger partial charge in [-0.2, -0.15) is 0 Å². The van der Waals surface area contributed by atoms with Gasteiger partial charge in [0.05, 0.1) is 0 Å². The van der Waals surface area contributed by atoms with E-state index in [4.69, 9.17) is 5.11 Å². The molecule has 0 aliphatic heterocycles. The maximum Gasteiger partial charge on any atom is 0.266 e. The predicted molar refractivity (Wildman–Crippen MR) is 29.4 cm³/mol. The molecule has 0 unspecified atom stereocenters. The molecule has 0 aromatic heterocycles. The second kappa shape index (κ2) is 1.90. The summed E-state index contributed by atoms with van der Waals surface area (Å²) in [7, 11) is 0. The minimum Gasteiger partial charge on any atom is -0.384 e. The van der Waals surface area contributed by atoms with Crippen LogP contribution in [0.25, 0.3) is 0 Å². The Bertz CT molecular complexity index is 108. The Labute approximate surface area is 52.7 Å². The van der Waals surface area contributed by atoms with E-state index in [9.17, 15) is 8.78 Å². The summed E-state index contributed by atoms with van der Waals surface area (Å²) in [6.07, 6.45) is -2.05. The van der Waals surface area contributed by atoms with Gasteiger partial charge in [-0.15, -0.1) is 0 Å². The van der Waals surface area contributed by atoms with Crippen LogP contribution < -0.4 is 0 Å². The van der Waals surface area contributed by atoms with Crippen LogP contribution in [0, 0.1) is 5.92 Å². The topological polar surface area (TPSA) is 20.2 Å². The highest BCUT2D eigenvalue weighted by molar-refractivity contribution is 4.93. The van der Waals surface area contributed by atoms with Gasteiger partial charge in [-0.1, -0.05) is 6.92 Å². The van der Waals surface area contributed by atoms with Gasteiger partial charge in [0.2, 0.25) is 0 Å². The van der Waals surface area contributed by atoms with Crippen molar-refractivity contribution in [1.29, 1.82) is 0 Å². The van der Waals surface area contributed by atoms with Crippen LogP contribution in [0.3, 0.4) is 0 Å². The highest BCUT2D eigenvalue weighted by Gasteiger charge is 2.47. The molecule has 0 heterocycles. The summed E-state index contributed by atoms with van der Waals surface area (Å²) >= 11 is 0. The third-order valence-corrected chi connectivity index (χ3v) is 1.81. The summed E-state index contributed by atoms with van der Waals surface area (Å²) in [4.78, 5) is 0. The first kappa shape index (κ1) is 6.93. The molecule has 1 fully saturated rings. The van der Waals surface area contributed by atoms with Gasteiger partial charge in [-0.3, -0.25) is 0 Å². The summed E-state index contributed by atoms with van der Waals surface area (Å²) in [5, 5.41) is 8.91. The molecule has 1 aliphatic rings. The van der Waals surface area contributed by atoms with Crippen molar-refractivity contribution >= 4 is 0 Å². The van der Waals surface area contributed by atoms with Crippen LogP contribution in [0.5, 0.6) is 0 Å². The molecule has 0 amide bonds. The monoisotopic (exact) mass is 136 g/mol. The summed E-state index contributed by atoms with van der Waals surface area (Å²) < 4.78 is 23.6. The summed E-state index contributed by atoms with van der Waals surface area (Å²) in [5.74, 6) is 0.268. The van der Waals surface area contributed by atoms with E-state index in [1.807, 2.05) is 6.92 Å². The lowest BCUT2D eigenvalue weighted by molar-refractivity contribution is -0.164. The van der Waals surface area contributed by atoms with Crippen molar-refractivity contribution in [2.24, 2.45) is 5.92 Å². The van der Waals surface area contributed by atoms with E-state index in [0.717, 1.165) is 0 Å². The van der Waals surface area contributed by atoms with Gasteiger partial charge in [-0.05, 0) is 18.8 Å². The first-order chi connectivity index (χ1) is 4.04. The maximum atomic E-state index is 11.8. The van der Waals surface area contributed by atoms with Gasteiger partial charge in [0.15, 0.2) is 0 Å². The zero-order valence-corrected chi connectivity index (χ0v) is 5.27. The van der Waals surface area contributed by atoms with E-state index in [1.54, 1.807) is 0 Å². The Hall–Kier alpha value is -0.180. The number of hydrogen-bond acceptors (Lipinski definition) is 1. The standard InChI is InChI=1S/C6H10F2O/c1-4-2-6(9,3-4)5(7)8/h4-5,9H,2-3H2,1H3/t4-,6+. The largest absolute Gasteiger partial charge is 0.384 e. The van der Waals surface area contributed by atoms with Crippen molar-refractivity contribution in [3.63, 3.8) is 0 Å². The van der Waals surface area contributed by atoms with Gasteiger partial charge in [0.25, 0.3) is 6.43 Å². The van der Waals surface area contributed by atoms with Crippen LogP contribution >= 0.6 is 0 Å². The van der Waals surface area contributed by atoms with Crippen molar-refractivity contribution in [1.82, 2.24) is 0 Å². The smallest absolute Gasteiger partial charge is 0.266 e. The van der Waals surface area contributed by atoms with Crippen LogP contribution in [-0.4, -0.2) is 17.1 Å². The predicted octanol–water partition coefficient (Wildman–Crippen LogP) is 1.41. The van der Waals surface area contributed by atoms with Crippen LogP contribution in [0.4, 0.5) is 8.78 Å². The van der Waals surface area contributed by atoms with Gasteiger partial charge in [0.1, 0.15) is 5.60 Å². The van der Waals surface area contributed by atoms with E-state index in [-0.39, 0.29) is 18.8 Å². The zero-order chi connectivity index (χ0) is 7.07. The first-order valence-corrected chi connectivity index (χ1v) is 3.05. The fourth-order valence-corrected chi connectivity index (χ4v) is 1.33. The van der Waals surface area contributed by atoms with Crippen molar-refractivity contribution in [3.8, 4) is 0 Å². The fourth-order valence-electron chi connectivity index (χ4n) is 1.33. The number of rotatable bonds is 1. The van der Waals surface area contributed by atoms with Crippen molar-refractivity contribution in [2.45, 2.75) is 31.8 Å². The third kappa shape index (κ3) is 1.06. The van der Waals surface area contributed by atoms with E-state index < -0.39 is 12.0 Å². The normalized spacial score (nSPS) is 43.0. The molecule has 9 heavy (non-hydrogen) atoms. The number of aliphatic hydroxyl groups is 1. The molecule has 0 radical (unpaired) electrons. The number of halogens is 2. The molecule has 0 spiro atoms. The average Bonchev–Trinajstić information content (AvgIpc) is 1.62. The molecule has 1 nitrogen and oxygen atoms in total. The van der Waals surface area contributed by atoms with E-state index in [1.165, 1.54) is 0 Å². The van der Waals surface area contributed by atoms with Crippen LogP contribution in [0.2, 0.25) is 0 Å². The molecule has 0 bridgehead atoms. The summed E-state index contributed by atoms with van der Waals surface area (Å²) in [6.45, 7) is 1.86. The molecule has 3 heteroatoms. The van der Waals surface area contributed by atoms with Crippen LogP contribution in [0.1, 0.15) is 19.8 Å². The van der Waals surface area contributed by atoms with Crippen LogP contribution in [-0.2, 0) is 0 Å². The number of hydrogen-bond donors (Lipinski definition) is 1. The van der Waals surface area contributed by atoms with Gasteiger partial charge < -0.3 is 5.11 Å². The Morgan fingerprint density at radius 1 is 1.56 bits per heavy atom. The second-order valence-electron chi connectivity index (χ2n) is 2.92. The molecular weight excluding hydrogens is 126 g/mol. The van der Waals surface area contributed by atoms with Crippen LogP contribution in [0.15, 0.2) is 0 Å². The molecule has 1 rings (SSSR count). The molecule has 1 N–H and O–H groups in total. The average molecular weight is 136 g/mol. The lowest BCUT2D eigenvalue weighted by atomic mass is 9.72. The van der Waals surface area contributed by atoms with E-state index in [2.05, 4.69) is 0 Å². The molecule has 54 valence electrons. The lowest BCUT2D eigenvalue weighted by Crippen LogP contribution is -2.48. The van der Waals surface area contributed by atoms with Gasteiger partial charge >= 0.3 is 0 Å². The van der Waals surface area contributed by atoms with Crippen molar-refractivity contribution in [3.05, 3.63) is 0 Å². The van der Waals surface area contributed by atoms with Crippen molar-refractivity contribution < 1.29 is 13.9 Å². The fraction of sp³-hybridized carbons (Fsp3) is 1.00. The molecule has 1 aliphatic carbocycles. The Kier molecular flexibility index (Phi) is 1.47. The molecule has 0 aromatic carbocycles. The Morgan fingerprint density at radius 2 is 2.00 bits per heavy atom. The molecular formula is C6H10F2O. The second-order valence-corrected chi connectivity index (χ2v) is 2.92. The Morgan fingerprint density at radius 3 is 2.11 bits per heavy atom. The van der Waals surface area contributed by atoms with E-state index >= 15 is 0 Å². The summed E-state index contributed by atoms with van der Waals surface area (Å²) in [5.41, 5.74) is -1.64. The summed E-state index contributed by atoms with van der Waals surface area (Å²) in [6, 6.07) is 0. The molecule has 0 atom stereocenters. The quantitative estimate of drug-likeness (QED) is 0.577. The molecule has 1 saturated carbocycles. The SMILES string of the molecule is C[C@H]1C[C@](O)(C(F)F)C1. The molecule has 0 aromatic rings. The minimum absolute atomic E-state index is 0.255. The van der Waals surface area contributed by atoms with Crippen molar-refractivity contribution in [2.75, 3.05) is 0 Å². The first-order valence-electron chi connectivity index (χ1n) is 3.05.